The first-order valence-corrected chi connectivity index (χ1v) is 9.77. The SMILES string of the molecule is Cc1cc(Cl)ccc1NC1=C(c2cccs2)C(=O)N(c2ccc(F)c(F)c2)C1=O. The molecule has 29 heavy (non-hydrogen) atoms. The van der Waals surface area contributed by atoms with E-state index in [0.717, 1.165) is 22.6 Å². The first-order chi connectivity index (χ1) is 13.9. The van der Waals surface area contributed by atoms with Crippen LogP contribution in [-0.4, -0.2) is 11.8 Å². The minimum absolute atomic E-state index is 0.0439. The van der Waals surface area contributed by atoms with Crippen LogP contribution in [0.15, 0.2) is 59.6 Å². The number of amides is 2. The quantitative estimate of drug-likeness (QED) is 0.565. The Morgan fingerprint density at radius 2 is 1.79 bits per heavy atom. The third-order valence-corrected chi connectivity index (χ3v) is 5.58. The summed E-state index contributed by atoms with van der Waals surface area (Å²) in [6, 6.07) is 11.5. The number of hydrogen-bond acceptors (Lipinski definition) is 4. The second-order valence-corrected chi connectivity index (χ2v) is 7.74. The van der Waals surface area contributed by atoms with E-state index in [9.17, 15) is 18.4 Å². The van der Waals surface area contributed by atoms with Crippen molar-refractivity contribution < 1.29 is 18.4 Å². The van der Waals surface area contributed by atoms with Gasteiger partial charge in [0.1, 0.15) is 5.70 Å². The number of nitrogens with zero attached hydrogens (tertiary/aromatic N) is 1. The monoisotopic (exact) mass is 430 g/mol. The Morgan fingerprint density at radius 1 is 1.00 bits per heavy atom. The summed E-state index contributed by atoms with van der Waals surface area (Å²) in [7, 11) is 0. The smallest absolute Gasteiger partial charge is 0.282 e. The third-order valence-electron chi connectivity index (χ3n) is 4.46. The molecule has 146 valence electrons. The van der Waals surface area contributed by atoms with Crippen LogP contribution < -0.4 is 10.2 Å². The number of carbonyl (C=O) groups excluding carboxylic acids is 2. The maximum absolute atomic E-state index is 13.7. The first kappa shape index (κ1) is 19.3. The van der Waals surface area contributed by atoms with Crippen molar-refractivity contribution in [2.75, 3.05) is 10.2 Å². The fourth-order valence-electron chi connectivity index (χ4n) is 3.06. The van der Waals surface area contributed by atoms with Gasteiger partial charge in [-0.25, -0.2) is 13.7 Å². The molecular formula is C21H13ClF2N2O2S. The van der Waals surface area contributed by atoms with Crippen LogP contribution in [0.25, 0.3) is 5.57 Å². The van der Waals surface area contributed by atoms with Crippen LogP contribution in [0.4, 0.5) is 20.2 Å². The molecule has 1 aliphatic rings. The van der Waals surface area contributed by atoms with Gasteiger partial charge in [-0.2, -0.15) is 0 Å². The van der Waals surface area contributed by atoms with Gasteiger partial charge < -0.3 is 5.32 Å². The lowest BCUT2D eigenvalue weighted by atomic mass is 10.1. The van der Waals surface area contributed by atoms with Gasteiger partial charge >= 0.3 is 0 Å². The van der Waals surface area contributed by atoms with Crippen molar-refractivity contribution in [2.45, 2.75) is 6.92 Å². The van der Waals surface area contributed by atoms with Crippen molar-refractivity contribution in [1.29, 1.82) is 0 Å². The summed E-state index contributed by atoms with van der Waals surface area (Å²) in [5.41, 5.74) is 1.57. The molecular weight excluding hydrogens is 418 g/mol. The van der Waals surface area contributed by atoms with Crippen LogP contribution in [0.1, 0.15) is 10.4 Å². The summed E-state index contributed by atoms with van der Waals surface area (Å²) in [5.74, 6) is -3.47. The molecule has 1 aromatic heterocycles. The Bertz CT molecular complexity index is 1180. The second kappa shape index (κ2) is 7.42. The van der Waals surface area contributed by atoms with E-state index >= 15 is 0 Å². The Labute approximate surface area is 174 Å². The molecule has 0 aliphatic carbocycles. The molecule has 0 bridgehead atoms. The fraction of sp³-hybridized carbons (Fsp3) is 0.0476. The Morgan fingerprint density at radius 3 is 2.45 bits per heavy atom. The zero-order valence-electron chi connectivity index (χ0n) is 15.0. The average Bonchev–Trinajstić information content (AvgIpc) is 3.27. The van der Waals surface area contributed by atoms with Crippen molar-refractivity contribution in [3.63, 3.8) is 0 Å². The van der Waals surface area contributed by atoms with Gasteiger partial charge in [0.25, 0.3) is 11.8 Å². The number of hydrogen-bond donors (Lipinski definition) is 1. The Balaban J connectivity index is 1.81. The number of imide groups is 1. The highest BCUT2D eigenvalue weighted by Gasteiger charge is 2.41. The third kappa shape index (κ3) is 3.43. The molecule has 2 aromatic carbocycles. The molecule has 2 amide bonds. The van der Waals surface area contributed by atoms with Gasteiger partial charge in [-0.15, -0.1) is 11.3 Å². The molecule has 3 aromatic rings. The number of anilines is 2. The molecule has 0 unspecified atom stereocenters. The minimum atomic E-state index is -1.14. The van der Waals surface area contributed by atoms with E-state index in [4.69, 9.17) is 11.6 Å². The van der Waals surface area contributed by atoms with Crippen LogP contribution in [0, 0.1) is 18.6 Å². The molecule has 1 N–H and O–H groups in total. The molecule has 0 saturated heterocycles. The number of benzene rings is 2. The van der Waals surface area contributed by atoms with E-state index in [0.29, 0.717) is 15.6 Å². The average molecular weight is 431 g/mol. The van der Waals surface area contributed by atoms with Crippen molar-refractivity contribution in [3.05, 3.63) is 86.7 Å². The lowest BCUT2D eigenvalue weighted by Crippen LogP contribution is -2.32. The van der Waals surface area contributed by atoms with Crippen LogP contribution >= 0.6 is 22.9 Å². The highest BCUT2D eigenvalue weighted by atomic mass is 35.5. The predicted octanol–water partition coefficient (Wildman–Crippen LogP) is 5.38. The number of halogens is 3. The summed E-state index contributed by atoms with van der Waals surface area (Å²) < 4.78 is 27.1. The van der Waals surface area contributed by atoms with E-state index < -0.39 is 23.4 Å². The zero-order valence-corrected chi connectivity index (χ0v) is 16.6. The molecule has 4 rings (SSSR count). The number of rotatable bonds is 4. The lowest BCUT2D eigenvalue weighted by molar-refractivity contribution is -0.120. The summed E-state index contributed by atoms with van der Waals surface area (Å²) in [6.07, 6.45) is 0. The Kier molecular flexibility index (Phi) is 4.94. The van der Waals surface area contributed by atoms with Crippen LogP contribution in [-0.2, 0) is 9.59 Å². The molecule has 0 radical (unpaired) electrons. The second-order valence-electron chi connectivity index (χ2n) is 6.36. The highest BCUT2D eigenvalue weighted by Crippen LogP contribution is 2.36. The summed E-state index contributed by atoms with van der Waals surface area (Å²) in [5, 5.41) is 5.35. The number of thiophene rings is 1. The molecule has 0 spiro atoms. The molecule has 1 aliphatic heterocycles. The Hall–Kier alpha value is -3.03. The van der Waals surface area contributed by atoms with Crippen molar-refractivity contribution in [2.24, 2.45) is 0 Å². The van der Waals surface area contributed by atoms with Gasteiger partial charge in [0.2, 0.25) is 0 Å². The zero-order chi connectivity index (χ0) is 20.7. The van der Waals surface area contributed by atoms with Crippen LogP contribution in [0.5, 0.6) is 0 Å². The van der Waals surface area contributed by atoms with Crippen molar-refractivity contribution in [3.8, 4) is 0 Å². The molecule has 0 fully saturated rings. The van der Waals surface area contributed by atoms with Gasteiger partial charge in [0.15, 0.2) is 11.6 Å². The van der Waals surface area contributed by atoms with E-state index in [1.807, 2.05) is 6.92 Å². The predicted molar refractivity (Wildman–Crippen MR) is 110 cm³/mol. The first-order valence-electron chi connectivity index (χ1n) is 8.52. The molecule has 8 heteroatoms. The number of nitrogens with one attached hydrogen (secondary N) is 1. The summed E-state index contributed by atoms with van der Waals surface area (Å²) >= 11 is 7.29. The largest absolute Gasteiger partial charge is 0.350 e. The maximum Gasteiger partial charge on any atom is 0.282 e. The molecule has 0 atom stereocenters. The minimum Gasteiger partial charge on any atom is -0.350 e. The van der Waals surface area contributed by atoms with E-state index in [2.05, 4.69) is 5.32 Å². The standard InChI is InChI=1S/C21H13ClF2N2O2S/c1-11-9-12(22)4-7-16(11)25-19-18(17-3-2-8-29-17)20(27)26(21(19)28)13-5-6-14(23)15(24)10-13/h2-10,25H,1H3. The van der Waals surface area contributed by atoms with E-state index in [-0.39, 0.29) is 17.0 Å². The van der Waals surface area contributed by atoms with Crippen molar-refractivity contribution in [1.82, 2.24) is 0 Å². The van der Waals surface area contributed by atoms with Gasteiger partial charge in [-0.3, -0.25) is 9.59 Å². The van der Waals surface area contributed by atoms with Gasteiger partial charge in [-0.1, -0.05) is 17.7 Å². The highest BCUT2D eigenvalue weighted by molar-refractivity contribution is 7.11. The van der Waals surface area contributed by atoms with Gasteiger partial charge in [-0.05, 0) is 54.3 Å². The molecule has 2 heterocycles. The fourth-order valence-corrected chi connectivity index (χ4v) is 4.05. The van der Waals surface area contributed by atoms with E-state index in [1.54, 1.807) is 35.7 Å². The molecule has 4 nitrogen and oxygen atoms in total. The van der Waals surface area contributed by atoms with Gasteiger partial charge in [0.05, 0.1) is 11.3 Å². The lowest BCUT2D eigenvalue weighted by Gasteiger charge is -2.16. The number of aryl methyl sites for hydroxylation is 1. The summed E-state index contributed by atoms with van der Waals surface area (Å²) in [6.45, 7) is 1.81. The summed E-state index contributed by atoms with van der Waals surface area (Å²) in [4.78, 5) is 27.7. The number of carbonyl (C=O) groups is 2. The molecule has 0 saturated carbocycles. The van der Waals surface area contributed by atoms with E-state index in [1.165, 1.54) is 17.4 Å². The maximum atomic E-state index is 13.7. The normalized spacial score (nSPS) is 14.1. The topological polar surface area (TPSA) is 49.4 Å². The van der Waals surface area contributed by atoms with Gasteiger partial charge in [0, 0.05) is 21.7 Å². The van der Waals surface area contributed by atoms with Crippen LogP contribution in [0.3, 0.4) is 0 Å². The van der Waals surface area contributed by atoms with Crippen molar-refractivity contribution >= 4 is 51.7 Å². The van der Waals surface area contributed by atoms with Crippen LogP contribution in [0.2, 0.25) is 5.02 Å².